The number of alkyl halides is 1. The molecule has 0 rings (SSSR count). The van der Waals surface area contributed by atoms with Crippen LogP contribution in [-0.4, -0.2) is 71.9 Å². The van der Waals surface area contributed by atoms with Gasteiger partial charge >= 0.3 is 0 Å². The first-order valence-corrected chi connectivity index (χ1v) is 14.4. The number of hydrogen-bond donors (Lipinski definition) is 0. The number of ether oxygens (including phenoxy) is 5. The van der Waals surface area contributed by atoms with Gasteiger partial charge in [-0.25, -0.2) is 0 Å². The van der Waals surface area contributed by atoms with Crippen molar-refractivity contribution in [3.05, 3.63) is 0 Å². The number of halogens is 1. The fourth-order valence-corrected chi connectivity index (χ4v) is 3.69. The van der Waals surface area contributed by atoms with Gasteiger partial charge in [-0.1, -0.05) is 84.0 Å². The smallest absolute Gasteiger partial charge is 0.0701 e. The van der Waals surface area contributed by atoms with Crippen molar-refractivity contribution in [2.45, 2.75) is 103 Å². The molecule has 33 heavy (non-hydrogen) atoms. The van der Waals surface area contributed by atoms with Crippen LogP contribution in [0.4, 0.5) is 0 Å². The average molecular weight is 495 g/mol. The molecule has 200 valence electrons. The van der Waals surface area contributed by atoms with Crippen molar-refractivity contribution in [1.82, 2.24) is 0 Å². The van der Waals surface area contributed by atoms with Gasteiger partial charge in [0.2, 0.25) is 0 Å². The molecule has 0 saturated carbocycles. The first-order valence-electron chi connectivity index (χ1n) is 13.9. The maximum Gasteiger partial charge on any atom is 0.0701 e. The topological polar surface area (TPSA) is 46.2 Å². The average Bonchev–Trinajstić information content (AvgIpc) is 2.83. The highest BCUT2D eigenvalue weighted by molar-refractivity contribution is 6.17. The monoisotopic (exact) mass is 494 g/mol. The fourth-order valence-electron chi connectivity index (χ4n) is 3.50. The third-order valence-electron chi connectivity index (χ3n) is 5.55. The molecule has 5 nitrogen and oxygen atoms in total. The van der Waals surface area contributed by atoms with Crippen LogP contribution in [0, 0.1) is 0 Å². The van der Waals surface area contributed by atoms with Crippen LogP contribution in [0.15, 0.2) is 0 Å². The van der Waals surface area contributed by atoms with Gasteiger partial charge in [-0.15, -0.1) is 11.6 Å². The van der Waals surface area contributed by atoms with E-state index in [0.717, 1.165) is 31.9 Å². The first-order chi connectivity index (χ1) is 16.4. The molecule has 0 aliphatic rings. The van der Waals surface area contributed by atoms with Crippen LogP contribution in [0.2, 0.25) is 0 Å². The highest BCUT2D eigenvalue weighted by atomic mass is 35.5. The van der Waals surface area contributed by atoms with E-state index in [9.17, 15) is 0 Å². The van der Waals surface area contributed by atoms with Crippen molar-refractivity contribution in [2.24, 2.45) is 0 Å². The van der Waals surface area contributed by atoms with Gasteiger partial charge in [-0.3, -0.25) is 0 Å². The summed E-state index contributed by atoms with van der Waals surface area (Å²) < 4.78 is 27.7. The molecular weight excluding hydrogens is 440 g/mol. The SMILES string of the molecule is CCCCCCCCCCCCCOCCOCCOCCOCCOCCCCCCCl. The minimum Gasteiger partial charge on any atom is -0.379 e. The highest BCUT2D eigenvalue weighted by Crippen LogP contribution is 2.11. The van der Waals surface area contributed by atoms with Crippen molar-refractivity contribution in [2.75, 3.05) is 71.9 Å². The zero-order valence-electron chi connectivity index (χ0n) is 21.8. The van der Waals surface area contributed by atoms with E-state index in [2.05, 4.69) is 6.92 Å². The van der Waals surface area contributed by atoms with Crippen LogP contribution >= 0.6 is 11.6 Å². The fraction of sp³-hybridized carbons (Fsp3) is 1.00. The summed E-state index contributed by atoms with van der Waals surface area (Å²) in [5, 5.41) is 0. The lowest BCUT2D eigenvalue weighted by atomic mass is 10.1. The van der Waals surface area contributed by atoms with Crippen LogP contribution in [-0.2, 0) is 23.7 Å². The number of hydrogen-bond acceptors (Lipinski definition) is 5. The lowest BCUT2D eigenvalue weighted by Gasteiger charge is -2.08. The van der Waals surface area contributed by atoms with Gasteiger partial charge < -0.3 is 23.7 Å². The Morgan fingerprint density at radius 2 is 0.606 bits per heavy atom. The minimum atomic E-state index is 0.594. The molecule has 6 heteroatoms. The molecule has 0 bridgehead atoms. The lowest BCUT2D eigenvalue weighted by molar-refractivity contribution is -0.0114. The second kappa shape index (κ2) is 32.1. The zero-order chi connectivity index (χ0) is 23.9. The molecule has 0 aliphatic carbocycles. The second-order valence-electron chi connectivity index (χ2n) is 8.70. The van der Waals surface area contributed by atoms with Gasteiger partial charge in [-0.2, -0.15) is 0 Å². The molecule has 0 radical (unpaired) electrons. The number of unbranched alkanes of at least 4 members (excludes halogenated alkanes) is 13. The normalized spacial score (nSPS) is 11.5. The third kappa shape index (κ3) is 32.1. The summed E-state index contributed by atoms with van der Waals surface area (Å²) in [4.78, 5) is 0. The Labute approximate surface area is 210 Å². The quantitative estimate of drug-likeness (QED) is 0.0781. The molecule has 0 unspecified atom stereocenters. The molecule has 0 atom stereocenters. The first kappa shape index (κ1) is 33.1. The van der Waals surface area contributed by atoms with E-state index in [1.165, 1.54) is 83.5 Å². The Morgan fingerprint density at radius 1 is 0.333 bits per heavy atom. The van der Waals surface area contributed by atoms with Crippen LogP contribution in [0.3, 0.4) is 0 Å². The van der Waals surface area contributed by atoms with Gasteiger partial charge in [0.1, 0.15) is 0 Å². The zero-order valence-corrected chi connectivity index (χ0v) is 22.6. The predicted molar refractivity (Wildman–Crippen MR) is 140 cm³/mol. The van der Waals surface area contributed by atoms with Gasteiger partial charge in [-0.05, 0) is 19.3 Å². The summed E-state index contributed by atoms with van der Waals surface area (Å²) >= 11 is 5.65. The molecule has 0 amide bonds. The Bertz CT molecular complexity index is 304. The van der Waals surface area contributed by atoms with E-state index in [4.69, 9.17) is 35.3 Å². The highest BCUT2D eigenvalue weighted by Gasteiger charge is 1.96. The number of rotatable bonds is 30. The lowest BCUT2D eigenvalue weighted by Crippen LogP contribution is -2.13. The Balaban J connectivity index is 2.99. The van der Waals surface area contributed by atoms with E-state index in [1.54, 1.807) is 0 Å². The van der Waals surface area contributed by atoms with Crippen molar-refractivity contribution < 1.29 is 23.7 Å². The minimum absolute atomic E-state index is 0.594. The molecule has 0 N–H and O–H groups in total. The van der Waals surface area contributed by atoms with E-state index in [-0.39, 0.29) is 0 Å². The summed E-state index contributed by atoms with van der Waals surface area (Å²) in [7, 11) is 0. The molecular formula is C27H55ClO5. The van der Waals surface area contributed by atoms with Crippen molar-refractivity contribution >= 4 is 11.6 Å². The maximum atomic E-state index is 5.65. The van der Waals surface area contributed by atoms with Gasteiger partial charge in [0.25, 0.3) is 0 Å². The Hall–Kier alpha value is 0.0900. The van der Waals surface area contributed by atoms with E-state index >= 15 is 0 Å². The van der Waals surface area contributed by atoms with E-state index in [1.807, 2.05) is 0 Å². The van der Waals surface area contributed by atoms with Crippen molar-refractivity contribution in [1.29, 1.82) is 0 Å². The van der Waals surface area contributed by atoms with Gasteiger partial charge in [0.15, 0.2) is 0 Å². The third-order valence-corrected chi connectivity index (χ3v) is 5.82. The maximum absolute atomic E-state index is 5.65. The standard InChI is InChI=1S/C27H55ClO5/c1-2-3-4-5-6-7-8-9-10-12-15-18-29-20-22-31-24-26-33-27-25-32-23-21-30-19-16-13-11-14-17-28/h2-27H2,1H3. The predicted octanol–water partition coefficient (Wildman–Crippen LogP) is 7.18. The van der Waals surface area contributed by atoms with Crippen LogP contribution < -0.4 is 0 Å². The summed E-state index contributed by atoms with van der Waals surface area (Å²) in [6.45, 7) is 8.92. The summed E-state index contributed by atoms with van der Waals surface area (Å²) in [5.41, 5.74) is 0. The molecule has 0 fully saturated rings. The molecule has 0 saturated heterocycles. The van der Waals surface area contributed by atoms with Crippen LogP contribution in [0.1, 0.15) is 103 Å². The molecule has 0 aliphatic heterocycles. The summed E-state index contributed by atoms with van der Waals surface area (Å²) in [5.74, 6) is 0.761. The summed E-state index contributed by atoms with van der Waals surface area (Å²) in [6, 6.07) is 0. The molecule has 0 aromatic rings. The van der Waals surface area contributed by atoms with E-state index < -0.39 is 0 Å². The van der Waals surface area contributed by atoms with Gasteiger partial charge in [0.05, 0.1) is 52.9 Å². The van der Waals surface area contributed by atoms with Crippen LogP contribution in [0.25, 0.3) is 0 Å². The molecule has 0 spiro atoms. The molecule has 0 aromatic heterocycles. The largest absolute Gasteiger partial charge is 0.379 e. The van der Waals surface area contributed by atoms with Crippen molar-refractivity contribution in [3.63, 3.8) is 0 Å². The molecule has 0 heterocycles. The van der Waals surface area contributed by atoms with Crippen LogP contribution in [0.5, 0.6) is 0 Å². The van der Waals surface area contributed by atoms with Crippen molar-refractivity contribution in [3.8, 4) is 0 Å². The Morgan fingerprint density at radius 3 is 0.939 bits per heavy atom. The van der Waals surface area contributed by atoms with Gasteiger partial charge in [0, 0.05) is 19.1 Å². The Kier molecular flexibility index (Phi) is 32.2. The van der Waals surface area contributed by atoms with E-state index in [0.29, 0.717) is 52.9 Å². The second-order valence-corrected chi connectivity index (χ2v) is 9.08. The summed E-state index contributed by atoms with van der Waals surface area (Å²) in [6.07, 6.45) is 19.6. The molecule has 0 aromatic carbocycles.